The first-order chi connectivity index (χ1) is 13.0. The van der Waals surface area contributed by atoms with Crippen molar-refractivity contribution in [2.45, 2.75) is 51.1 Å². The Kier molecular flexibility index (Phi) is 5.91. The van der Waals surface area contributed by atoms with Gasteiger partial charge in [0.2, 0.25) is 11.8 Å². The number of anilines is 1. The van der Waals surface area contributed by atoms with Crippen LogP contribution in [0.2, 0.25) is 0 Å². The number of methoxy groups -OCH3 is 1. The van der Waals surface area contributed by atoms with Crippen LogP contribution in [0, 0.1) is 0 Å². The summed E-state index contributed by atoms with van der Waals surface area (Å²) in [5.41, 5.74) is 6.93. The summed E-state index contributed by atoms with van der Waals surface area (Å²) in [6, 6.07) is 6.73. The van der Waals surface area contributed by atoms with Gasteiger partial charge in [-0.05, 0) is 25.8 Å². The molecule has 3 rings (SSSR count). The number of ether oxygens (including phenoxy) is 1. The number of benzene rings is 1. The lowest BCUT2D eigenvalue weighted by Crippen LogP contribution is -2.38. The third-order valence-corrected chi connectivity index (χ3v) is 4.88. The van der Waals surface area contributed by atoms with Crippen LogP contribution in [0.1, 0.15) is 49.4 Å². The second-order valence-corrected chi connectivity index (χ2v) is 6.97. The second-order valence-electron chi connectivity index (χ2n) is 6.97. The highest BCUT2D eigenvalue weighted by atomic mass is 16.5. The van der Waals surface area contributed by atoms with Crippen LogP contribution < -0.4 is 21.1 Å². The summed E-state index contributed by atoms with van der Waals surface area (Å²) in [4.78, 5) is 29.9. The molecule has 4 N–H and O–H groups in total. The van der Waals surface area contributed by atoms with Crippen LogP contribution in [0.15, 0.2) is 24.3 Å². The Morgan fingerprint density at radius 2 is 1.93 bits per heavy atom. The lowest BCUT2D eigenvalue weighted by atomic mass is 9.95. The molecule has 1 saturated carbocycles. The van der Waals surface area contributed by atoms with Gasteiger partial charge in [-0.1, -0.05) is 37.5 Å². The van der Waals surface area contributed by atoms with E-state index in [-0.39, 0.29) is 23.5 Å². The number of para-hydroxylation sites is 1. The average Bonchev–Trinajstić information content (AvgIpc) is 2.67. The maximum absolute atomic E-state index is 13.2. The number of carbonyl (C=O) groups excluding carboxylic acids is 2. The molecule has 1 aromatic heterocycles. The normalized spacial score (nSPS) is 16.0. The monoisotopic (exact) mass is 370 g/mol. The summed E-state index contributed by atoms with van der Waals surface area (Å²) < 4.78 is 5.37. The molecule has 1 fully saturated rings. The summed E-state index contributed by atoms with van der Waals surface area (Å²) in [6.07, 6.45) is 5.36. The summed E-state index contributed by atoms with van der Waals surface area (Å²) in [5, 5.41) is 6.50. The molecular weight excluding hydrogens is 344 g/mol. The number of fused-ring (bicyclic) bond motifs is 1. The Morgan fingerprint density at radius 3 is 2.59 bits per heavy atom. The van der Waals surface area contributed by atoms with Crippen molar-refractivity contribution < 1.29 is 14.3 Å². The topological polar surface area (TPSA) is 106 Å². The number of hydrogen-bond acceptors (Lipinski definition) is 5. The minimum absolute atomic E-state index is 0.140. The van der Waals surface area contributed by atoms with Gasteiger partial charge in [0.1, 0.15) is 5.69 Å². The number of hydrogen-bond donors (Lipinski definition) is 3. The Balaban J connectivity index is 2.08. The SMILES string of the molecule is COc1nc2ccccc2c(C(=O)NC2CCCCC2)c1NC(=O)C(C)N. The molecule has 0 bridgehead atoms. The fourth-order valence-electron chi connectivity index (χ4n) is 3.43. The van der Waals surface area contributed by atoms with Crippen LogP contribution in [0.25, 0.3) is 10.9 Å². The van der Waals surface area contributed by atoms with Gasteiger partial charge in [-0.2, -0.15) is 0 Å². The van der Waals surface area contributed by atoms with Gasteiger partial charge in [-0.15, -0.1) is 0 Å². The molecule has 7 nitrogen and oxygen atoms in total. The van der Waals surface area contributed by atoms with Crippen LogP contribution in [-0.4, -0.2) is 36.0 Å². The first-order valence-corrected chi connectivity index (χ1v) is 9.35. The van der Waals surface area contributed by atoms with Gasteiger partial charge in [-0.3, -0.25) is 9.59 Å². The highest BCUT2D eigenvalue weighted by Crippen LogP contribution is 2.33. The van der Waals surface area contributed by atoms with Gasteiger partial charge in [0, 0.05) is 11.4 Å². The fraction of sp³-hybridized carbons (Fsp3) is 0.450. The van der Waals surface area contributed by atoms with Crippen molar-refractivity contribution in [3.05, 3.63) is 29.8 Å². The Morgan fingerprint density at radius 1 is 1.22 bits per heavy atom. The van der Waals surface area contributed by atoms with Gasteiger partial charge in [-0.25, -0.2) is 4.98 Å². The highest BCUT2D eigenvalue weighted by Gasteiger charge is 2.26. The van der Waals surface area contributed by atoms with E-state index in [1.54, 1.807) is 6.92 Å². The predicted molar refractivity (Wildman–Crippen MR) is 105 cm³/mol. The van der Waals surface area contributed by atoms with E-state index >= 15 is 0 Å². The zero-order valence-electron chi connectivity index (χ0n) is 15.7. The van der Waals surface area contributed by atoms with Crippen molar-refractivity contribution in [1.82, 2.24) is 10.3 Å². The molecule has 144 valence electrons. The van der Waals surface area contributed by atoms with Crippen molar-refractivity contribution in [2.24, 2.45) is 5.73 Å². The summed E-state index contributed by atoms with van der Waals surface area (Å²) >= 11 is 0. The Labute approximate surface area is 158 Å². The number of nitrogens with one attached hydrogen (secondary N) is 2. The number of aromatic nitrogens is 1. The molecule has 0 saturated heterocycles. The van der Waals surface area contributed by atoms with Crippen LogP contribution >= 0.6 is 0 Å². The van der Waals surface area contributed by atoms with Crippen LogP contribution in [0.5, 0.6) is 5.88 Å². The molecule has 1 aliphatic carbocycles. The summed E-state index contributed by atoms with van der Waals surface area (Å²) in [6.45, 7) is 1.58. The fourth-order valence-corrected chi connectivity index (χ4v) is 3.43. The summed E-state index contributed by atoms with van der Waals surface area (Å²) in [5.74, 6) is -0.452. The Hall–Kier alpha value is -2.67. The molecule has 0 radical (unpaired) electrons. The number of carbonyl (C=O) groups is 2. The van der Waals surface area contributed by atoms with Gasteiger partial charge in [0.25, 0.3) is 5.91 Å². The van der Waals surface area contributed by atoms with E-state index in [2.05, 4.69) is 15.6 Å². The molecule has 1 unspecified atom stereocenters. The molecule has 27 heavy (non-hydrogen) atoms. The molecule has 0 spiro atoms. The number of nitrogens with two attached hydrogens (primary N) is 1. The lowest BCUT2D eigenvalue weighted by molar-refractivity contribution is -0.117. The predicted octanol–water partition coefficient (Wildman–Crippen LogP) is 2.59. The molecule has 1 aliphatic rings. The third-order valence-electron chi connectivity index (χ3n) is 4.88. The zero-order valence-corrected chi connectivity index (χ0v) is 15.7. The molecule has 1 atom stereocenters. The molecule has 2 amide bonds. The van der Waals surface area contributed by atoms with Crippen LogP contribution in [0.3, 0.4) is 0 Å². The molecule has 1 aromatic carbocycles. The first kappa shape index (κ1) is 19.1. The van der Waals surface area contributed by atoms with Gasteiger partial charge in [0.05, 0.1) is 24.2 Å². The zero-order chi connectivity index (χ0) is 19.4. The quantitative estimate of drug-likeness (QED) is 0.750. The van der Waals surface area contributed by atoms with E-state index in [0.29, 0.717) is 16.5 Å². The minimum atomic E-state index is -0.726. The van der Waals surface area contributed by atoms with Gasteiger partial charge in [0.15, 0.2) is 0 Å². The molecule has 1 heterocycles. The van der Waals surface area contributed by atoms with E-state index in [0.717, 1.165) is 25.7 Å². The second kappa shape index (κ2) is 8.35. The largest absolute Gasteiger partial charge is 0.479 e. The van der Waals surface area contributed by atoms with E-state index in [1.165, 1.54) is 13.5 Å². The smallest absolute Gasteiger partial charge is 0.254 e. The van der Waals surface area contributed by atoms with Crippen molar-refractivity contribution in [2.75, 3.05) is 12.4 Å². The Bertz CT molecular complexity index is 844. The summed E-state index contributed by atoms with van der Waals surface area (Å²) in [7, 11) is 1.46. The minimum Gasteiger partial charge on any atom is -0.479 e. The average molecular weight is 370 g/mol. The maximum Gasteiger partial charge on any atom is 0.254 e. The van der Waals surface area contributed by atoms with Crippen molar-refractivity contribution in [3.8, 4) is 5.88 Å². The van der Waals surface area contributed by atoms with E-state index in [1.807, 2.05) is 24.3 Å². The van der Waals surface area contributed by atoms with Gasteiger partial charge < -0.3 is 21.1 Å². The lowest BCUT2D eigenvalue weighted by Gasteiger charge is -2.24. The van der Waals surface area contributed by atoms with Crippen molar-refractivity contribution >= 4 is 28.4 Å². The molecule has 7 heteroatoms. The number of nitrogens with zero attached hydrogens (tertiary/aromatic N) is 1. The van der Waals surface area contributed by atoms with Crippen molar-refractivity contribution in [3.63, 3.8) is 0 Å². The molecule has 2 aromatic rings. The molecule has 0 aliphatic heterocycles. The van der Waals surface area contributed by atoms with Crippen LogP contribution in [-0.2, 0) is 4.79 Å². The number of pyridine rings is 1. The van der Waals surface area contributed by atoms with Gasteiger partial charge >= 0.3 is 0 Å². The highest BCUT2D eigenvalue weighted by molar-refractivity contribution is 6.14. The van der Waals surface area contributed by atoms with Crippen molar-refractivity contribution in [1.29, 1.82) is 0 Å². The standard InChI is InChI=1S/C20H26N4O3/c1-12(21)18(25)24-17-16(19(26)22-13-8-4-3-5-9-13)14-10-6-7-11-15(14)23-20(17)27-2/h6-7,10-13H,3-5,8-9,21H2,1-2H3,(H,22,26)(H,24,25). The third kappa shape index (κ3) is 4.19. The van der Waals surface area contributed by atoms with E-state index < -0.39 is 11.9 Å². The maximum atomic E-state index is 13.2. The molecular formula is C20H26N4O3. The number of rotatable bonds is 5. The van der Waals surface area contributed by atoms with Crippen LogP contribution in [0.4, 0.5) is 5.69 Å². The van der Waals surface area contributed by atoms with E-state index in [4.69, 9.17) is 10.5 Å². The number of amides is 2. The first-order valence-electron chi connectivity index (χ1n) is 9.35. The van der Waals surface area contributed by atoms with E-state index in [9.17, 15) is 9.59 Å².